The van der Waals surface area contributed by atoms with Crippen LogP contribution in [0.1, 0.15) is 0 Å². The van der Waals surface area contributed by atoms with Gasteiger partial charge in [-0.1, -0.05) is 30.3 Å². The van der Waals surface area contributed by atoms with E-state index < -0.39 is 30.3 Å². The van der Waals surface area contributed by atoms with Gasteiger partial charge in [-0.3, -0.25) is 10.1 Å². The molecule has 0 heterocycles. The van der Waals surface area contributed by atoms with Crippen LogP contribution in [0, 0.1) is 10.1 Å². The van der Waals surface area contributed by atoms with Gasteiger partial charge in [-0.15, -0.1) is 9.24 Å². The lowest BCUT2D eigenvalue weighted by molar-refractivity contribution is -0.580. The van der Waals surface area contributed by atoms with Crippen molar-refractivity contribution in [3.8, 4) is 0 Å². The minimum Gasteiger partial charge on any atom is -0.389 e. The molecule has 0 bridgehead atoms. The second-order valence-corrected chi connectivity index (χ2v) is 4.03. The van der Waals surface area contributed by atoms with E-state index in [1.54, 1.807) is 0 Å². The second kappa shape index (κ2) is 8.08. The summed E-state index contributed by atoms with van der Waals surface area (Å²) in [5, 5.41) is 36.4. The summed E-state index contributed by atoms with van der Waals surface area (Å²) in [5.74, 6) is 0. The Kier molecular flexibility index (Phi) is 7.58. The minimum absolute atomic E-state index is 0.868. The quantitative estimate of drug-likeness (QED) is 0.372. The minimum atomic E-state index is -1.99. The molecule has 1 atom stereocenters. The molecule has 1 unspecified atom stereocenters. The number of hydrogen-bond acceptors (Lipinski definition) is 5. The van der Waals surface area contributed by atoms with Gasteiger partial charge in [0.15, 0.2) is 0 Å². The molecule has 0 amide bonds. The van der Waals surface area contributed by atoms with E-state index in [4.69, 9.17) is 15.3 Å². The van der Waals surface area contributed by atoms with Crippen molar-refractivity contribution >= 4 is 14.5 Å². The summed E-state index contributed by atoms with van der Waals surface area (Å²) in [6.07, 6.45) is 0. The molecule has 0 radical (unpaired) electrons. The first-order valence-electron chi connectivity index (χ1n) is 4.80. The fourth-order valence-corrected chi connectivity index (χ4v) is 0.998. The Hall–Kier alpha value is -1.07. The zero-order chi connectivity index (χ0) is 13.3. The summed E-state index contributed by atoms with van der Waals surface area (Å²) >= 11 is 0. The van der Waals surface area contributed by atoms with Crippen molar-refractivity contribution in [3.63, 3.8) is 0 Å². The SMILES string of the molecule is O=[N+]([O-])C(CO)(CO)CO.Pc1ccccc1. The van der Waals surface area contributed by atoms with Crippen molar-refractivity contribution in [1.82, 2.24) is 0 Å². The van der Waals surface area contributed by atoms with Crippen LogP contribution in [0.5, 0.6) is 0 Å². The van der Waals surface area contributed by atoms with Crippen molar-refractivity contribution in [2.75, 3.05) is 19.8 Å². The number of aliphatic hydroxyl groups is 3. The van der Waals surface area contributed by atoms with Gasteiger partial charge in [-0.05, 0) is 5.30 Å². The monoisotopic (exact) mass is 261 g/mol. The molecular formula is C10H16NO5P. The van der Waals surface area contributed by atoms with Gasteiger partial charge < -0.3 is 15.3 Å². The standard InChI is InChI=1S/C6H7P.C4H9NO5/c7-6-4-2-1-3-5-6;6-1-4(2-7,3-8)5(9)10/h1-5H,7H2;6-8H,1-3H2. The Morgan fingerprint density at radius 1 is 1.12 bits per heavy atom. The van der Waals surface area contributed by atoms with Crippen molar-refractivity contribution in [3.05, 3.63) is 40.4 Å². The Morgan fingerprint density at radius 3 is 1.65 bits per heavy atom. The van der Waals surface area contributed by atoms with Gasteiger partial charge in [-0.25, -0.2) is 0 Å². The molecule has 1 rings (SSSR count). The van der Waals surface area contributed by atoms with E-state index in [2.05, 4.69) is 9.24 Å². The first-order valence-corrected chi connectivity index (χ1v) is 5.37. The maximum atomic E-state index is 10.0. The fourth-order valence-electron chi connectivity index (χ4n) is 0.776. The molecular weight excluding hydrogens is 245 g/mol. The van der Waals surface area contributed by atoms with E-state index in [0.717, 1.165) is 0 Å². The molecule has 1 aromatic rings. The molecule has 0 fully saturated rings. The van der Waals surface area contributed by atoms with E-state index in [9.17, 15) is 10.1 Å². The first kappa shape index (κ1) is 15.9. The lowest BCUT2D eigenvalue weighted by atomic mass is 10.1. The van der Waals surface area contributed by atoms with Crippen molar-refractivity contribution in [2.45, 2.75) is 5.54 Å². The number of nitrogens with zero attached hydrogens (tertiary/aromatic N) is 1. The number of benzene rings is 1. The zero-order valence-corrected chi connectivity index (χ0v) is 10.3. The molecule has 7 heteroatoms. The van der Waals surface area contributed by atoms with Crippen molar-refractivity contribution < 1.29 is 20.2 Å². The molecule has 3 N–H and O–H groups in total. The topological polar surface area (TPSA) is 104 Å². The summed E-state index contributed by atoms with van der Waals surface area (Å²) in [6.45, 7) is -2.60. The molecule has 6 nitrogen and oxygen atoms in total. The third kappa shape index (κ3) is 5.19. The number of nitro groups is 1. The van der Waals surface area contributed by atoms with Gasteiger partial charge in [0.25, 0.3) is 5.54 Å². The summed E-state index contributed by atoms with van der Waals surface area (Å²) in [6, 6.07) is 10.1. The number of hydrogen-bond donors (Lipinski definition) is 3. The third-order valence-electron chi connectivity index (χ3n) is 2.07. The maximum absolute atomic E-state index is 10.0. The van der Waals surface area contributed by atoms with E-state index in [1.807, 2.05) is 30.3 Å². The Bertz CT molecular complexity index is 320. The molecule has 0 aliphatic heterocycles. The molecule has 0 aliphatic rings. The maximum Gasteiger partial charge on any atom is 0.289 e. The van der Waals surface area contributed by atoms with Crippen molar-refractivity contribution in [1.29, 1.82) is 0 Å². The normalized spacial score (nSPS) is 10.4. The van der Waals surface area contributed by atoms with Crippen LogP contribution in [0.2, 0.25) is 0 Å². The van der Waals surface area contributed by atoms with Crippen LogP contribution in [0.4, 0.5) is 0 Å². The smallest absolute Gasteiger partial charge is 0.289 e. The summed E-state index contributed by atoms with van der Waals surface area (Å²) in [4.78, 5) is 9.14. The predicted molar refractivity (Wildman–Crippen MR) is 66.8 cm³/mol. The number of rotatable bonds is 4. The zero-order valence-electron chi connectivity index (χ0n) is 9.19. The van der Waals surface area contributed by atoms with Crippen LogP contribution in [0.25, 0.3) is 0 Å². The van der Waals surface area contributed by atoms with Gasteiger partial charge in [0.2, 0.25) is 0 Å². The highest BCUT2D eigenvalue weighted by molar-refractivity contribution is 7.27. The van der Waals surface area contributed by atoms with Crippen LogP contribution in [0.3, 0.4) is 0 Å². The highest BCUT2D eigenvalue weighted by atomic mass is 31.0. The summed E-state index contributed by atoms with van der Waals surface area (Å²) in [5.41, 5.74) is -1.99. The largest absolute Gasteiger partial charge is 0.389 e. The van der Waals surface area contributed by atoms with Gasteiger partial charge in [0.05, 0.1) is 0 Å². The van der Waals surface area contributed by atoms with Gasteiger partial charge >= 0.3 is 0 Å². The summed E-state index contributed by atoms with van der Waals surface area (Å²) in [7, 11) is 2.63. The fraction of sp³-hybridized carbons (Fsp3) is 0.400. The van der Waals surface area contributed by atoms with Gasteiger partial charge in [0.1, 0.15) is 19.8 Å². The molecule has 0 aliphatic carbocycles. The van der Waals surface area contributed by atoms with E-state index in [1.165, 1.54) is 5.30 Å². The van der Waals surface area contributed by atoms with Crippen LogP contribution >= 0.6 is 9.24 Å². The number of aliphatic hydroxyl groups excluding tert-OH is 3. The van der Waals surface area contributed by atoms with Crippen LogP contribution in [0.15, 0.2) is 30.3 Å². The molecule has 96 valence electrons. The van der Waals surface area contributed by atoms with Gasteiger partial charge in [0, 0.05) is 4.92 Å². The van der Waals surface area contributed by atoms with E-state index >= 15 is 0 Å². The van der Waals surface area contributed by atoms with Crippen LogP contribution < -0.4 is 5.30 Å². The van der Waals surface area contributed by atoms with E-state index in [-0.39, 0.29) is 0 Å². The second-order valence-electron chi connectivity index (χ2n) is 3.37. The Balaban J connectivity index is 0.000000318. The highest BCUT2D eigenvalue weighted by Crippen LogP contribution is 2.05. The molecule has 0 saturated carbocycles. The third-order valence-corrected chi connectivity index (χ3v) is 2.45. The molecule has 0 saturated heterocycles. The first-order chi connectivity index (χ1) is 8.02. The summed E-state index contributed by atoms with van der Waals surface area (Å²) < 4.78 is 0. The van der Waals surface area contributed by atoms with Crippen LogP contribution in [-0.4, -0.2) is 45.6 Å². The highest BCUT2D eigenvalue weighted by Gasteiger charge is 2.41. The molecule has 17 heavy (non-hydrogen) atoms. The van der Waals surface area contributed by atoms with Crippen molar-refractivity contribution in [2.24, 2.45) is 0 Å². The molecule has 0 aromatic heterocycles. The van der Waals surface area contributed by atoms with Crippen LogP contribution in [-0.2, 0) is 0 Å². The molecule has 1 aromatic carbocycles. The van der Waals surface area contributed by atoms with E-state index in [0.29, 0.717) is 0 Å². The average Bonchev–Trinajstić information content (AvgIpc) is 2.33. The van der Waals surface area contributed by atoms with Gasteiger partial charge in [-0.2, -0.15) is 0 Å². The average molecular weight is 261 g/mol. The lowest BCUT2D eigenvalue weighted by Gasteiger charge is -2.16. The molecule has 0 spiro atoms. The Labute approximate surface area is 101 Å². The predicted octanol–water partition coefficient (Wildman–Crippen LogP) is -0.834. The Morgan fingerprint density at radius 2 is 1.53 bits per heavy atom. The lowest BCUT2D eigenvalue weighted by Crippen LogP contribution is -2.49.